The number of carbonyl (C=O) groups excluding carboxylic acids is 1. The highest BCUT2D eigenvalue weighted by atomic mass is 19.1. The number of fused-ring (bicyclic) bond motifs is 1. The van der Waals surface area contributed by atoms with E-state index in [4.69, 9.17) is 9.57 Å². The fourth-order valence-corrected chi connectivity index (χ4v) is 3.66. The molecule has 1 aliphatic rings. The fraction of sp³-hybridized carbons (Fsp3) is 0.217. The van der Waals surface area contributed by atoms with Crippen LogP contribution in [0, 0.1) is 12.7 Å². The first kappa shape index (κ1) is 21.4. The maximum atomic E-state index is 13.6. The van der Waals surface area contributed by atoms with Crippen LogP contribution in [0.3, 0.4) is 0 Å². The van der Waals surface area contributed by atoms with E-state index in [0.717, 1.165) is 10.9 Å². The van der Waals surface area contributed by atoms with Crippen LogP contribution in [0.4, 0.5) is 4.39 Å². The zero-order valence-corrected chi connectivity index (χ0v) is 18.4. The molecule has 0 spiro atoms. The summed E-state index contributed by atoms with van der Waals surface area (Å²) in [7, 11) is 1.39. The van der Waals surface area contributed by atoms with Crippen LogP contribution in [0.5, 0.6) is 5.75 Å². The summed E-state index contributed by atoms with van der Waals surface area (Å²) >= 11 is 0. The first-order chi connectivity index (χ1) is 16.5. The number of aromatic amines is 1. The van der Waals surface area contributed by atoms with Crippen molar-refractivity contribution >= 4 is 22.7 Å². The summed E-state index contributed by atoms with van der Waals surface area (Å²) < 4.78 is 18.6. The molecule has 0 radical (unpaired) electrons. The molecule has 4 heterocycles. The molecular weight excluding hydrogens is 441 g/mol. The van der Waals surface area contributed by atoms with Gasteiger partial charge in [0, 0.05) is 30.1 Å². The zero-order valence-electron chi connectivity index (χ0n) is 18.4. The number of nitrogens with zero attached hydrogens (tertiary/aromatic N) is 5. The topological polar surface area (TPSA) is 127 Å². The van der Waals surface area contributed by atoms with Gasteiger partial charge in [0.1, 0.15) is 17.2 Å². The number of carbonyl (C=O) groups is 1. The number of methoxy groups -OCH3 is 1. The lowest BCUT2D eigenvalue weighted by molar-refractivity contribution is 0.0856. The van der Waals surface area contributed by atoms with Crippen molar-refractivity contribution in [1.29, 1.82) is 0 Å². The predicted molar refractivity (Wildman–Crippen MR) is 120 cm³/mol. The Kier molecular flexibility index (Phi) is 5.58. The highest BCUT2D eigenvalue weighted by Gasteiger charge is 2.26. The van der Waals surface area contributed by atoms with Crippen LogP contribution in [0.25, 0.3) is 11.0 Å². The SMILES string of the molecule is COc1cc(CNC(=O)c2cc(C3=NOC(c4cnc5[nH]ncc5c4)C3)nc(C)n2)ccc1F. The summed E-state index contributed by atoms with van der Waals surface area (Å²) in [5.41, 5.74) is 3.58. The molecule has 5 rings (SSSR count). The molecule has 3 aromatic heterocycles. The van der Waals surface area contributed by atoms with Crippen LogP contribution in [0.15, 0.2) is 47.9 Å². The number of hydrogen-bond donors (Lipinski definition) is 2. The average Bonchev–Trinajstić information content (AvgIpc) is 3.52. The van der Waals surface area contributed by atoms with Crippen molar-refractivity contribution in [2.24, 2.45) is 5.16 Å². The Hall–Kier alpha value is -4.41. The van der Waals surface area contributed by atoms with Gasteiger partial charge in [0.2, 0.25) is 0 Å². The lowest BCUT2D eigenvalue weighted by Crippen LogP contribution is -2.25. The molecule has 1 unspecified atom stereocenters. The number of aryl methyl sites for hydroxylation is 1. The van der Waals surface area contributed by atoms with E-state index in [1.807, 2.05) is 6.07 Å². The van der Waals surface area contributed by atoms with Gasteiger partial charge >= 0.3 is 0 Å². The minimum atomic E-state index is -0.466. The molecule has 4 aromatic rings. The lowest BCUT2D eigenvalue weighted by atomic mass is 10.0. The molecule has 1 atom stereocenters. The Morgan fingerprint density at radius 2 is 2.15 bits per heavy atom. The van der Waals surface area contributed by atoms with E-state index < -0.39 is 5.82 Å². The maximum Gasteiger partial charge on any atom is 0.270 e. The van der Waals surface area contributed by atoms with Crippen LogP contribution in [-0.2, 0) is 11.4 Å². The quantitative estimate of drug-likeness (QED) is 0.452. The molecule has 0 bridgehead atoms. The molecule has 1 aromatic carbocycles. The number of benzene rings is 1. The van der Waals surface area contributed by atoms with Crippen molar-refractivity contribution in [2.45, 2.75) is 26.0 Å². The third-order valence-corrected chi connectivity index (χ3v) is 5.39. The maximum absolute atomic E-state index is 13.6. The molecule has 1 aliphatic heterocycles. The van der Waals surface area contributed by atoms with E-state index in [0.29, 0.717) is 34.9 Å². The molecule has 11 heteroatoms. The largest absolute Gasteiger partial charge is 0.494 e. The molecule has 0 saturated carbocycles. The number of oxime groups is 1. The van der Waals surface area contributed by atoms with Crippen LogP contribution in [0.1, 0.15) is 45.7 Å². The van der Waals surface area contributed by atoms with E-state index >= 15 is 0 Å². The van der Waals surface area contributed by atoms with E-state index in [9.17, 15) is 9.18 Å². The molecule has 34 heavy (non-hydrogen) atoms. The van der Waals surface area contributed by atoms with Gasteiger partial charge in [-0.1, -0.05) is 11.2 Å². The normalized spacial score (nSPS) is 15.1. The number of rotatable bonds is 6. The smallest absolute Gasteiger partial charge is 0.270 e. The standard InChI is InChI=1S/C23H20FN7O3/c1-12-28-17(18-8-20(34-31-18)14-6-15-11-27-30-22(15)25-10-14)7-19(29-12)23(32)26-9-13-3-4-16(24)21(5-13)33-2/h3-7,10-11,20H,8-9H2,1-2H3,(H,26,32)(H,25,27,30). The molecular formula is C23H20FN7O3. The number of aromatic nitrogens is 5. The zero-order chi connectivity index (χ0) is 23.7. The van der Waals surface area contributed by atoms with Gasteiger partial charge < -0.3 is 14.9 Å². The summed E-state index contributed by atoms with van der Waals surface area (Å²) in [6, 6.07) is 7.93. The monoisotopic (exact) mass is 461 g/mol. The summed E-state index contributed by atoms with van der Waals surface area (Å²) in [4.78, 5) is 31.4. The van der Waals surface area contributed by atoms with Gasteiger partial charge in [-0.2, -0.15) is 5.10 Å². The Bertz CT molecular complexity index is 1420. The number of pyridine rings is 1. The molecule has 0 aliphatic carbocycles. The number of H-pyrrole nitrogens is 1. The molecule has 1 amide bonds. The summed E-state index contributed by atoms with van der Waals surface area (Å²) in [5.74, 6) is -0.311. The first-order valence-electron chi connectivity index (χ1n) is 10.5. The van der Waals surface area contributed by atoms with Crippen molar-refractivity contribution < 1.29 is 18.8 Å². The molecule has 172 valence electrons. The van der Waals surface area contributed by atoms with Crippen LogP contribution in [-0.4, -0.2) is 43.9 Å². The van der Waals surface area contributed by atoms with Crippen molar-refractivity contribution in [3.05, 3.63) is 76.9 Å². The van der Waals surface area contributed by atoms with Gasteiger partial charge in [0.25, 0.3) is 5.91 Å². The van der Waals surface area contributed by atoms with E-state index in [1.54, 1.807) is 31.5 Å². The molecule has 10 nitrogen and oxygen atoms in total. The van der Waals surface area contributed by atoms with E-state index in [-0.39, 0.29) is 30.0 Å². The lowest BCUT2D eigenvalue weighted by Gasteiger charge is -2.09. The van der Waals surface area contributed by atoms with Gasteiger partial charge in [0.05, 0.1) is 19.0 Å². The van der Waals surface area contributed by atoms with Gasteiger partial charge in [-0.25, -0.2) is 19.3 Å². The van der Waals surface area contributed by atoms with Crippen molar-refractivity contribution in [3.63, 3.8) is 0 Å². The number of amides is 1. The summed E-state index contributed by atoms with van der Waals surface area (Å²) in [6.45, 7) is 1.89. The molecule has 2 N–H and O–H groups in total. The number of nitrogens with one attached hydrogen (secondary N) is 2. The van der Waals surface area contributed by atoms with Crippen LogP contribution in [0.2, 0.25) is 0 Å². The first-order valence-corrected chi connectivity index (χ1v) is 10.5. The predicted octanol–water partition coefficient (Wildman–Crippen LogP) is 3.00. The number of halogens is 1. The average molecular weight is 461 g/mol. The number of ether oxygens (including phenoxy) is 1. The second-order valence-corrected chi connectivity index (χ2v) is 7.75. The third-order valence-electron chi connectivity index (χ3n) is 5.39. The Labute approximate surface area is 193 Å². The second-order valence-electron chi connectivity index (χ2n) is 7.75. The van der Waals surface area contributed by atoms with Gasteiger partial charge in [-0.05, 0) is 36.8 Å². The van der Waals surface area contributed by atoms with Crippen molar-refractivity contribution in [3.8, 4) is 5.75 Å². The molecule has 0 fully saturated rings. The Morgan fingerprint density at radius 1 is 1.26 bits per heavy atom. The Balaban J connectivity index is 1.29. The second kappa shape index (κ2) is 8.85. The van der Waals surface area contributed by atoms with Gasteiger partial charge in [-0.3, -0.25) is 9.89 Å². The fourth-order valence-electron chi connectivity index (χ4n) is 3.66. The number of hydrogen-bond acceptors (Lipinski definition) is 8. The van der Waals surface area contributed by atoms with Gasteiger partial charge in [-0.15, -0.1) is 0 Å². The van der Waals surface area contributed by atoms with Gasteiger partial charge in [0.15, 0.2) is 23.3 Å². The van der Waals surface area contributed by atoms with Crippen LogP contribution < -0.4 is 10.1 Å². The van der Waals surface area contributed by atoms with Crippen molar-refractivity contribution in [1.82, 2.24) is 30.5 Å². The highest BCUT2D eigenvalue weighted by Crippen LogP contribution is 2.30. The molecule has 0 saturated heterocycles. The third kappa shape index (κ3) is 4.27. The summed E-state index contributed by atoms with van der Waals surface area (Å²) in [6.07, 6.45) is 3.57. The minimum Gasteiger partial charge on any atom is -0.494 e. The highest BCUT2D eigenvalue weighted by molar-refractivity contribution is 6.02. The summed E-state index contributed by atoms with van der Waals surface area (Å²) in [5, 5.41) is 14.6. The minimum absolute atomic E-state index is 0.114. The van der Waals surface area contributed by atoms with E-state index in [2.05, 4.69) is 35.6 Å². The Morgan fingerprint density at radius 3 is 3.00 bits per heavy atom. The van der Waals surface area contributed by atoms with Crippen LogP contribution >= 0.6 is 0 Å². The van der Waals surface area contributed by atoms with Crippen molar-refractivity contribution in [2.75, 3.05) is 7.11 Å². The van der Waals surface area contributed by atoms with E-state index in [1.165, 1.54) is 19.2 Å².